The fourth-order valence-corrected chi connectivity index (χ4v) is 2.55. The Labute approximate surface area is 127 Å². The van der Waals surface area contributed by atoms with Crippen LogP contribution in [0.3, 0.4) is 0 Å². The molecular weight excluding hydrogens is 316 g/mol. The minimum atomic E-state index is 0.222. The first-order chi connectivity index (χ1) is 9.56. The van der Waals surface area contributed by atoms with Crippen molar-refractivity contribution in [2.45, 2.75) is 13.8 Å². The van der Waals surface area contributed by atoms with Crippen molar-refractivity contribution in [3.63, 3.8) is 0 Å². The molecule has 0 radical (unpaired) electrons. The highest BCUT2D eigenvalue weighted by Gasteiger charge is 2.14. The molecular formula is C16H15BrN2O. The molecule has 0 aliphatic heterocycles. The summed E-state index contributed by atoms with van der Waals surface area (Å²) < 4.78 is 0.876. The highest BCUT2D eigenvalue weighted by molar-refractivity contribution is 9.10. The summed E-state index contributed by atoms with van der Waals surface area (Å²) in [5.41, 5.74) is 3.40. The third-order valence-electron chi connectivity index (χ3n) is 3.17. The molecule has 0 aliphatic rings. The molecule has 2 aromatic rings. The van der Waals surface area contributed by atoms with Gasteiger partial charge >= 0.3 is 0 Å². The summed E-state index contributed by atoms with van der Waals surface area (Å²) in [6, 6.07) is 13.1. The van der Waals surface area contributed by atoms with Crippen LogP contribution in [0.5, 0.6) is 5.75 Å². The van der Waals surface area contributed by atoms with E-state index < -0.39 is 0 Å². The fraction of sp³-hybridized carbons (Fsp3) is 0.188. The molecule has 102 valence electrons. The van der Waals surface area contributed by atoms with Gasteiger partial charge in [0.05, 0.1) is 11.3 Å². The standard InChI is InChI=1S/C16H15BrN2O/c1-3-19(16-9-14(20)6-4-11(16)2)15-7-5-13(17)8-12(15)10-18/h4-9,20H,3H2,1-2H3. The van der Waals surface area contributed by atoms with E-state index in [2.05, 4.69) is 22.0 Å². The maximum absolute atomic E-state index is 9.70. The van der Waals surface area contributed by atoms with E-state index >= 15 is 0 Å². The lowest BCUT2D eigenvalue weighted by molar-refractivity contribution is 0.475. The van der Waals surface area contributed by atoms with Gasteiger partial charge in [0.2, 0.25) is 0 Å². The lowest BCUT2D eigenvalue weighted by Crippen LogP contribution is -2.18. The van der Waals surface area contributed by atoms with Crippen LogP contribution in [0.15, 0.2) is 40.9 Å². The Kier molecular flexibility index (Phi) is 4.31. The van der Waals surface area contributed by atoms with Gasteiger partial charge in [0, 0.05) is 22.8 Å². The molecule has 0 amide bonds. The molecule has 0 aliphatic carbocycles. The number of nitriles is 1. The quantitative estimate of drug-likeness (QED) is 0.901. The Balaban J connectivity index is 2.59. The van der Waals surface area contributed by atoms with E-state index in [0.29, 0.717) is 12.1 Å². The minimum Gasteiger partial charge on any atom is -0.508 e. The third kappa shape index (κ3) is 2.78. The summed E-state index contributed by atoms with van der Waals surface area (Å²) >= 11 is 3.38. The van der Waals surface area contributed by atoms with Gasteiger partial charge < -0.3 is 10.0 Å². The van der Waals surface area contributed by atoms with Crippen molar-refractivity contribution in [1.82, 2.24) is 0 Å². The van der Waals surface area contributed by atoms with Gasteiger partial charge in [-0.25, -0.2) is 0 Å². The van der Waals surface area contributed by atoms with Crippen LogP contribution < -0.4 is 4.90 Å². The van der Waals surface area contributed by atoms with Crippen molar-refractivity contribution in [2.75, 3.05) is 11.4 Å². The second kappa shape index (κ2) is 5.98. The van der Waals surface area contributed by atoms with E-state index in [4.69, 9.17) is 0 Å². The van der Waals surface area contributed by atoms with Gasteiger partial charge in [-0.15, -0.1) is 0 Å². The van der Waals surface area contributed by atoms with Crippen LogP contribution in [0.4, 0.5) is 11.4 Å². The largest absolute Gasteiger partial charge is 0.508 e. The van der Waals surface area contributed by atoms with Gasteiger partial charge in [-0.1, -0.05) is 22.0 Å². The van der Waals surface area contributed by atoms with Crippen LogP contribution in [0, 0.1) is 18.3 Å². The van der Waals surface area contributed by atoms with Gasteiger partial charge in [0.15, 0.2) is 0 Å². The minimum absolute atomic E-state index is 0.222. The Morgan fingerprint density at radius 2 is 1.95 bits per heavy atom. The average Bonchev–Trinajstić information content (AvgIpc) is 2.44. The van der Waals surface area contributed by atoms with Gasteiger partial charge in [-0.2, -0.15) is 5.26 Å². The second-order valence-corrected chi connectivity index (χ2v) is 5.40. The van der Waals surface area contributed by atoms with Crippen LogP contribution in [0.1, 0.15) is 18.1 Å². The van der Waals surface area contributed by atoms with Crippen LogP contribution >= 0.6 is 15.9 Å². The number of aryl methyl sites for hydroxylation is 1. The van der Waals surface area contributed by atoms with Gasteiger partial charge in [-0.3, -0.25) is 0 Å². The Bertz CT molecular complexity index is 677. The highest BCUT2D eigenvalue weighted by atomic mass is 79.9. The molecule has 0 saturated heterocycles. The topological polar surface area (TPSA) is 47.3 Å². The summed E-state index contributed by atoms with van der Waals surface area (Å²) in [7, 11) is 0. The van der Waals surface area contributed by atoms with Gasteiger partial charge in [0.25, 0.3) is 0 Å². The first-order valence-corrected chi connectivity index (χ1v) is 7.13. The van der Waals surface area contributed by atoms with Crippen LogP contribution in [0.25, 0.3) is 0 Å². The number of nitrogens with zero attached hydrogens (tertiary/aromatic N) is 2. The summed E-state index contributed by atoms with van der Waals surface area (Å²) in [5.74, 6) is 0.222. The monoisotopic (exact) mass is 330 g/mol. The summed E-state index contributed by atoms with van der Waals surface area (Å²) in [6.07, 6.45) is 0. The van der Waals surface area contributed by atoms with Crippen molar-refractivity contribution in [1.29, 1.82) is 5.26 Å². The SMILES string of the molecule is CCN(c1cc(O)ccc1C)c1ccc(Br)cc1C#N. The number of anilines is 2. The number of phenolic OH excluding ortho intramolecular Hbond substituents is 1. The van der Waals surface area contributed by atoms with E-state index in [1.165, 1.54) is 0 Å². The fourth-order valence-electron chi connectivity index (χ4n) is 2.19. The lowest BCUT2D eigenvalue weighted by atomic mass is 10.1. The van der Waals surface area contributed by atoms with Gasteiger partial charge in [-0.05, 0) is 43.7 Å². The maximum atomic E-state index is 9.70. The predicted octanol–water partition coefficient (Wildman–Crippen LogP) is 4.49. The highest BCUT2D eigenvalue weighted by Crippen LogP contribution is 2.33. The molecule has 3 nitrogen and oxygen atoms in total. The molecule has 0 bridgehead atoms. The first kappa shape index (κ1) is 14.4. The van der Waals surface area contributed by atoms with Crippen LogP contribution in [-0.4, -0.2) is 11.7 Å². The maximum Gasteiger partial charge on any atom is 0.117 e. The molecule has 0 atom stereocenters. The molecule has 4 heteroatoms. The molecule has 0 fully saturated rings. The second-order valence-electron chi connectivity index (χ2n) is 4.49. The molecule has 2 aromatic carbocycles. The number of halogens is 1. The third-order valence-corrected chi connectivity index (χ3v) is 3.66. The molecule has 1 N–H and O–H groups in total. The number of aromatic hydroxyl groups is 1. The zero-order valence-corrected chi connectivity index (χ0v) is 13.0. The zero-order valence-electron chi connectivity index (χ0n) is 11.4. The molecule has 0 spiro atoms. The first-order valence-electron chi connectivity index (χ1n) is 6.33. The van der Waals surface area contributed by atoms with E-state index in [-0.39, 0.29) is 5.75 Å². The smallest absolute Gasteiger partial charge is 0.117 e. The summed E-state index contributed by atoms with van der Waals surface area (Å²) in [5, 5.41) is 19.0. The summed E-state index contributed by atoms with van der Waals surface area (Å²) in [4.78, 5) is 2.03. The number of hydrogen-bond donors (Lipinski definition) is 1. The molecule has 0 aromatic heterocycles. The Hall–Kier alpha value is -1.99. The van der Waals surface area contributed by atoms with E-state index in [1.54, 1.807) is 18.2 Å². The van der Waals surface area contributed by atoms with Crippen LogP contribution in [0.2, 0.25) is 0 Å². The summed E-state index contributed by atoms with van der Waals surface area (Å²) in [6.45, 7) is 4.72. The molecule has 2 rings (SSSR count). The molecule has 0 saturated carbocycles. The number of phenols is 1. The molecule has 0 heterocycles. The molecule has 20 heavy (non-hydrogen) atoms. The van der Waals surface area contributed by atoms with Crippen molar-refractivity contribution in [3.05, 3.63) is 52.0 Å². The lowest BCUT2D eigenvalue weighted by Gasteiger charge is -2.26. The van der Waals surface area contributed by atoms with Gasteiger partial charge in [0.1, 0.15) is 11.8 Å². The van der Waals surface area contributed by atoms with Crippen molar-refractivity contribution in [2.24, 2.45) is 0 Å². The average molecular weight is 331 g/mol. The molecule has 0 unspecified atom stereocenters. The Morgan fingerprint density at radius 3 is 2.60 bits per heavy atom. The Morgan fingerprint density at radius 1 is 1.20 bits per heavy atom. The van der Waals surface area contributed by atoms with E-state index in [9.17, 15) is 10.4 Å². The number of benzene rings is 2. The van der Waals surface area contributed by atoms with Crippen LogP contribution in [-0.2, 0) is 0 Å². The number of hydrogen-bond acceptors (Lipinski definition) is 3. The normalized spacial score (nSPS) is 10.1. The van der Waals surface area contributed by atoms with Crippen molar-refractivity contribution >= 4 is 27.3 Å². The van der Waals surface area contributed by atoms with Crippen molar-refractivity contribution in [3.8, 4) is 11.8 Å². The van der Waals surface area contributed by atoms with Crippen molar-refractivity contribution < 1.29 is 5.11 Å². The number of rotatable bonds is 3. The van der Waals surface area contributed by atoms with E-state index in [1.807, 2.05) is 36.9 Å². The van der Waals surface area contributed by atoms with E-state index in [0.717, 1.165) is 21.4 Å². The predicted molar refractivity (Wildman–Crippen MR) is 84.4 cm³/mol. The zero-order chi connectivity index (χ0) is 14.7.